The first kappa shape index (κ1) is 17.3. The number of hydrogen-bond acceptors (Lipinski definition) is 0. The van der Waals surface area contributed by atoms with Crippen LogP contribution in [0.2, 0.25) is 3.43 Å². The molecule has 0 aromatic heterocycles. The summed E-state index contributed by atoms with van der Waals surface area (Å²) in [5, 5.41) is 5.56. The molecule has 0 bridgehead atoms. The molecule has 1 heterocycles. The third-order valence-corrected chi connectivity index (χ3v) is 16.8. The van der Waals surface area contributed by atoms with E-state index in [0.717, 1.165) is 0 Å². The summed E-state index contributed by atoms with van der Waals surface area (Å²) in [4.78, 5) is 0. The maximum absolute atomic E-state index is 2.48. The molecule has 1 heteroatoms. The quantitative estimate of drug-likeness (QED) is 0.247. The summed E-state index contributed by atoms with van der Waals surface area (Å²) in [6, 6.07) is 27.4. The van der Waals surface area contributed by atoms with Gasteiger partial charge in [-0.1, -0.05) is 0 Å². The monoisotopic (exact) mass is 457 g/mol. The summed E-state index contributed by atoms with van der Waals surface area (Å²) in [5.74, 6) is 0. The van der Waals surface area contributed by atoms with Crippen LogP contribution in [0.1, 0.15) is 31.9 Å². The standard InChI is InChI=1S/C22H16.C4H9.Sn/c1-15-11-13-17-7-3-5-9-19(17)21(15)22-16(2)12-14-18-8-4-6-10-20(18)22;1-4(2)3;/h3-14H,1-2H2;1-3H3;. The Morgan fingerprint density at radius 3 is 1.48 bits per heavy atom. The molecular weight excluding hydrogens is 431 g/mol. The Kier molecular flexibility index (Phi) is 4.09. The van der Waals surface area contributed by atoms with Crippen LogP contribution in [0.25, 0.3) is 32.7 Å². The van der Waals surface area contributed by atoms with E-state index in [1.807, 2.05) is 0 Å². The Balaban J connectivity index is 1.93. The summed E-state index contributed by atoms with van der Waals surface area (Å²) in [6.07, 6.45) is 0. The normalized spacial score (nSPS) is 14.8. The molecule has 4 aromatic carbocycles. The molecule has 0 aliphatic carbocycles. The van der Waals surface area contributed by atoms with Crippen molar-refractivity contribution in [3.63, 3.8) is 0 Å². The van der Waals surface area contributed by atoms with Crippen molar-refractivity contribution in [2.75, 3.05) is 0 Å². The van der Waals surface area contributed by atoms with Gasteiger partial charge in [-0.3, -0.25) is 0 Å². The van der Waals surface area contributed by atoms with Gasteiger partial charge in [-0.2, -0.15) is 0 Å². The fourth-order valence-corrected chi connectivity index (χ4v) is 12.3. The molecule has 133 valence electrons. The van der Waals surface area contributed by atoms with Gasteiger partial charge in [-0.15, -0.1) is 0 Å². The van der Waals surface area contributed by atoms with E-state index >= 15 is 0 Å². The van der Waals surface area contributed by atoms with Crippen molar-refractivity contribution < 1.29 is 0 Å². The molecule has 5 rings (SSSR count). The molecule has 1 aliphatic heterocycles. The number of benzene rings is 4. The third kappa shape index (κ3) is 2.89. The zero-order valence-electron chi connectivity index (χ0n) is 16.3. The molecule has 0 saturated carbocycles. The zero-order valence-corrected chi connectivity index (χ0v) is 19.2. The molecule has 0 spiro atoms. The molecule has 0 nitrogen and oxygen atoms in total. The van der Waals surface area contributed by atoms with Crippen molar-refractivity contribution in [1.82, 2.24) is 0 Å². The van der Waals surface area contributed by atoms with Gasteiger partial charge in [0.1, 0.15) is 0 Å². The van der Waals surface area contributed by atoms with Crippen molar-refractivity contribution in [1.29, 1.82) is 0 Å². The molecular formula is C26H25Sn. The second kappa shape index (κ2) is 6.37. The van der Waals surface area contributed by atoms with Gasteiger partial charge in [-0.25, -0.2) is 0 Å². The van der Waals surface area contributed by atoms with Crippen LogP contribution in [-0.4, -0.2) is 19.8 Å². The van der Waals surface area contributed by atoms with Crippen LogP contribution in [0.3, 0.4) is 0 Å². The summed E-state index contributed by atoms with van der Waals surface area (Å²) in [5.41, 5.74) is 6.21. The SMILES string of the molecule is C[C](C)(C)[Sn]1[CH2]c2ccc3ccccc3c2-c2c(ccc3ccccc23)[CH2]1. The van der Waals surface area contributed by atoms with E-state index in [4.69, 9.17) is 0 Å². The van der Waals surface area contributed by atoms with E-state index < -0.39 is 19.8 Å². The van der Waals surface area contributed by atoms with Gasteiger partial charge < -0.3 is 0 Å². The number of hydrogen-bond donors (Lipinski definition) is 0. The second-order valence-corrected chi connectivity index (χ2v) is 18.6. The van der Waals surface area contributed by atoms with Gasteiger partial charge in [0.2, 0.25) is 0 Å². The maximum atomic E-state index is 2.48. The predicted octanol–water partition coefficient (Wildman–Crippen LogP) is 7.13. The fraction of sp³-hybridized carbons (Fsp3) is 0.231. The van der Waals surface area contributed by atoms with Crippen LogP contribution < -0.4 is 0 Å². The summed E-state index contributed by atoms with van der Waals surface area (Å²) < 4.78 is 3.17. The molecule has 1 radical (unpaired) electrons. The van der Waals surface area contributed by atoms with E-state index in [1.165, 1.54) is 41.5 Å². The van der Waals surface area contributed by atoms with E-state index in [1.54, 1.807) is 11.1 Å². The Labute approximate surface area is 169 Å². The Morgan fingerprint density at radius 2 is 1.04 bits per heavy atom. The molecule has 0 atom stereocenters. The van der Waals surface area contributed by atoms with Gasteiger partial charge in [0.15, 0.2) is 0 Å². The van der Waals surface area contributed by atoms with Crippen LogP contribution >= 0.6 is 0 Å². The van der Waals surface area contributed by atoms with Crippen LogP contribution in [-0.2, 0) is 8.87 Å². The Bertz CT molecular complexity index is 1080. The van der Waals surface area contributed by atoms with E-state index in [2.05, 4.69) is 93.6 Å². The molecule has 4 aromatic rings. The zero-order chi connectivity index (χ0) is 18.6. The fourth-order valence-electron chi connectivity index (χ4n) is 4.57. The molecule has 27 heavy (non-hydrogen) atoms. The first-order chi connectivity index (χ1) is 13.0. The van der Waals surface area contributed by atoms with Crippen LogP contribution in [0.4, 0.5) is 0 Å². The van der Waals surface area contributed by atoms with Crippen molar-refractivity contribution in [3.8, 4) is 11.1 Å². The van der Waals surface area contributed by atoms with E-state index in [-0.39, 0.29) is 0 Å². The van der Waals surface area contributed by atoms with E-state index in [0.29, 0.717) is 3.43 Å². The predicted molar refractivity (Wildman–Crippen MR) is 120 cm³/mol. The van der Waals surface area contributed by atoms with Gasteiger partial charge in [-0.05, 0) is 0 Å². The topological polar surface area (TPSA) is 0 Å². The van der Waals surface area contributed by atoms with Crippen molar-refractivity contribution in [3.05, 3.63) is 83.9 Å². The van der Waals surface area contributed by atoms with Crippen molar-refractivity contribution in [2.45, 2.75) is 33.1 Å². The molecule has 0 saturated heterocycles. The first-order valence-electron chi connectivity index (χ1n) is 9.89. The van der Waals surface area contributed by atoms with Crippen LogP contribution in [0, 0.1) is 0 Å². The van der Waals surface area contributed by atoms with E-state index in [9.17, 15) is 0 Å². The number of rotatable bonds is 0. The molecule has 0 unspecified atom stereocenters. The molecule has 0 fully saturated rings. The van der Waals surface area contributed by atoms with Gasteiger partial charge >= 0.3 is 169 Å². The van der Waals surface area contributed by atoms with Gasteiger partial charge in [0, 0.05) is 0 Å². The average Bonchev–Trinajstić information content (AvgIpc) is 2.85. The van der Waals surface area contributed by atoms with Gasteiger partial charge in [0.25, 0.3) is 0 Å². The minimum atomic E-state index is -1.67. The van der Waals surface area contributed by atoms with Crippen molar-refractivity contribution in [2.24, 2.45) is 0 Å². The molecule has 1 aliphatic rings. The molecule has 0 N–H and O–H groups in total. The van der Waals surface area contributed by atoms with Gasteiger partial charge in [0.05, 0.1) is 0 Å². The van der Waals surface area contributed by atoms with Crippen LogP contribution in [0.5, 0.6) is 0 Å². The molecule has 0 amide bonds. The summed E-state index contributed by atoms with van der Waals surface area (Å²) >= 11 is -1.67. The Morgan fingerprint density at radius 1 is 0.593 bits per heavy atom. The average molecular weight is 456 g/mol. The first-order valence-corrected chi connectivity index (χ1v) is 15.4. The third-order valence-electron chi connectivity index (χ3n) is 6.15. The van der Waals surface area contributed by atoms with Crippen molar-refractivity contribution >= 4 is 41.3 Å². The Hall–Kier alpha value is -1.80. The van der Waals surface area contributed by atoms with Crippen LogP contribution in [0.15, 0.2) is 72.8 Å². The summed E-state index contributed by atoms with van der Waals surface area (Å²) in [6.45, 7) is 7.44. The second-order valence-electron chi connectivity index (χ2n) is 8.85. The minimum absolute atomic E-state index is 0.485. The summed E-state index contributed by atoms with van der Waals surface area (Å²) in [7, 11) is 0. The number of fused-ring (bicyclic) bond motifs is 7.